The number of piperazine rings is 1. The van der Waals surface area contributed by atoms with E-state index in [9.17, 15) is 4.79 Å². The molecular formula is C14H21N3O2. The maximum absolute atomic E-state index is 11.4. The molecule has 1 heterocycles. The van der Waals surface area contributed by atoms with Crippen LogP contribution in [-0.4, -0.2) is 61.6 Å². The molecule has 104 valence electrons. The number of ether oxygens (including phenoxy) is 1. The SMILES string of the molecule is NCC(=O)N1CCN(CCOc2ccccc2)CC1. The molecule has 1 fully saturated rings. The molecule has 0 aliphatic carbocycles. The van der Waals surface area contributed by atoms with Gasteiger partial charge in [0.15, 0.2) is 0 Å². The zero-order valence-electron chi connectivity index (χ0n) is 11.1. The second kappa shape index (κ2) is 7.11. The van der Waals surface area contributed by atoms with Crippen molar-refractivity contribution in [2.24, 2.45) is 5.73 Å². The molecule has 1 aliphatic heterocycles. The third-order valence-electron chi connectivity index (χ3n) is 3.32. The third kappa shape index (κ3) is 4.22. The smallest absolute Gasteiger partial charge is 0.236 e. The first-order valence-corrected chi connectivity index (χ1v) is 6.67. The number of hydrogen-bond donors (Lipinski definition) is 1. The Kier molecular flexibility index (Phi) is 5.18. The van der Waals surface area contributed by atoms with E-state index in [4.69, 9.17) is 10.5 Å². The van der Waals surface area contributed by atoms with Crippen molar-refractivity contribution in [2.45, 2.75) is 0 Å². The molecule has 5 heteroatoms. The molecule has 1 aromatic carbocycles. The summed E-state index contributed by atoms with van der Waals surface area (Å²) in [6.45, 7) is 4.99. The van der Waals surface area contributed by atoms with Gasteiger partial charge >= 0.3 is 0 Å². The topological polar surface area (TPSA) is 58.8 Å². The molecule has 2 N–H and O–H groups in total. The predicted octanol–water partition coefficient (Wildman–Crippen LogP) is 0.168. The van der Waals surface area contributed by atoms with Crippen LogP contribution in [-0.2, 0) is 4.79 Å². The van der Waals surface area contributed by atoms with Gasteiger partial charge in [-0.05, 0) is 12.1 Å². The summed E-state index contributed by atoms with van der Waals surface area (Å²) in [5, 5.41) is 0. The lowest BCUT2D eigenvalue weighted by molar-refractivity contribution is -0.131. The maximum Gasteiger partial charge on any atom is 0.236 e. The molecule has 1 amide bonds. The van der Waals surface area contributed by atoms with Crippen LogP contribution in [0.25, 0.3) is 0 Å². The second-order valence-electron chi connectivity index (χ2n) is 4.59. The summed E-state index contributed by atoms with van der Waals surface area (Å²) in [7, 11) is 0. The third-order valence-corrected chi connectivity index (χ3v) is 3.32. The van der Waals surface area contributed by atoms with E-state index >= 15 is 0 Å². The van der Waals surface area contributed by atoms with Gasteiger partial charge in [-0.3, -0.25) is 9.69 Å². The zero-order chi connectivity index (χ0) is 13.5. The number of para-hydroxylation sites is 1. The molecule has 1 aliphatic rings. The van der Waals surface area contributed by atoms with Crippen molar-refractivity contribution in [2.75, 3.05) is 45.9 Å². The summed E-state index contributed by atoms with van der Waals surface area (Å²) >= 11 is 0. The number of nitrogens with zero attached hydrogens (tertiary/aromatic N) is 2. The van der Waals surface area contributed by atoms with Crippen LogP contribution in [0, 0.1) is 0 Å². The highest BCUT2D eigenvalue weighted by atomic mass is 16.5. The lowest BCUT2D eigenvalue weighted by Crippen LogP contribution is -2.50. The monoisotopic (exact) mass is 263 g/mol. The standard InChI is InChI=1S/C14H21N3O2/c15-12-14(18)17-8-6-16(7-9-17)10-11-19-13-4-2-1-3-5-13/h1-5H,6-12,15H2. The Balaban J connectivity index is 1.65. The van der Waals surface area contributed by atoms with Crippen molar-refractivity contribution < 1.29 is 9.53 Å². The average Bonchev–Trinajstić information content (AvgIpc) is 2.48. The molecule has 5 nitrogen and oxygen atoms in total. The van der Waals surface area contributed by atoms with E-state index in [2.05, 4.69) is 4.90 Å². The first kappa shape index (κ1) is 13.8. The predicted molar refractivity (Wildman–Crippen MR) is 74.0 cm³/mol. The van der Waals surface area contributed by atoms with Crippen LogP contribution >= 0.6 is 0 Å². The molecular weight excluding hydrogens is 242 g/mol. The van der Waals surface area contributed by atoms with Crippen LogP contribution in [0.5, 0.6) is 5.75 Å². The Hall–Kier alpha value is -1.59. The minimum absolute atomic E-state index is 0.0418. The summed E-state index contributed by atoms with van der Waals surface area (Å²) < 4.78 is 5.66. The van der Waals surface area contributed by atoms with Crippen molar-refractivity contribution >= 4 is 5.91 Å². The molecule has 0 radical (unpaired) electrons. The fourth-order valence-electron chi connectivity index (χ4n) is 2.16. The van der Waals surface area contributed by atoms with Crippen LogP contribution < -0.4 is 10.5 Å². The quantitative estimate of drug-likeness (QED) is 0.822. The number of amides is 1. The van der Waals surface area contributed by atoms with E-state index in [0.717, 1.165) is 38.5 Å². The fraction of sp³-hybridized carbons (Fsp3) is 0.500. The second-order valence-corrected chi connectivity index (χ2v) is 4.59. The molecule has 1 saturated heterocycles. The first-order valence-electron chi connectivity index (χ1n) is 6.67. The van der Waals surface area contributed by atoms with Gasteiger partial charge in [0.25, 0.3) is 0 Å². The minimum atomic E-state index is 0.0418. The molecule has 0 saturated carbocycles. The molecule has 0 aromatic heterocycles. The van der Waals surface area contributed by atoms with E-state index in [-0.39, 0.29) is 12.5 Å². The van der Waals surface area contributed by atoms with Crippen LogP contribution in [0.4, 0.5) is 0 Å². The molecule has 19 heavy (non-hydrogen) atoms. The summed E-state index contributed by atoms with van der Waals surface area (Å²) in [5.74, 6) is 0.944. The number of carbonyl (C=O) groups is 1. The number of benzene rings is 1. The first-order chi connectivity index (χ1) is 9.29. The summed E-state index contributed by atoms with van der Waals surface area (Å²) in [5.41, 5.74) is 5.36. The van der Waals surface area contributed by atoms with Gasteiger partial charge in [0.05, 0.1) is 6.54 Å². The fourth-order valence-corrected chi connectivity index (χ4v) is 2.16. The van der Waals surface area contributed by atoms with Crippen LogP contribution in [0.3, 0.4) is 0 Å². The van der Waals surface area contributed by atoms with Gasteiger partial charge in [0.1, 0.15) is 12.4 Å². The van der Waals surface area contributed by atoms with Gasteiger partial charge in [-0.25, -0.2) is 0 Å². The Morgan fingerprint density at radius 2 is 1.84 bits per heavy atom. The lowest BCUT2D eigenvalue weighted by atomic mass is 10.3. The van der Waals surface area contributed by atoms with Crippen LogP contribution in [0.1, 0.15) is 0 Å². The summed E-state index contributed by atoms with van der Waals surface area (Å²) in [4.78, 5) is 15.6. The Labute approximate surface area is 113 Å². The van der Waals surface area contributed by atoms with E-state index in [1.165, 1.54) is 0 Å². The van der Waals surface area contributed by atoms with Gasteiger partial charge in [0.2, 0.25) is 5.91 Å². The molecule has 2 rings (SSSR count). The number of nitrogens with two attached hydrogens (primary N) is 1. The number of hydrogen-bond acceptors (Lipinski definition) is 4. The molecule has 0 unspecified atom stereocenters. The van der Waals surface area contributed by atoms with Gasteiger partial charge in [-0.15, -0.1) is 0 Å². The Morgan fingerprint density at radius 1 is 1.16 bits per heavy atom. The molecule has 0 atom stereocenters. The Morgan fingerprint density at radius 3 is 2.47 bits per heavy atom. The van der Waals surface area contributed by atoms with Crippen molar-refractivity contribution in [1.82, 2.24) is 9.80 Å². The Bertz CT molecular complexity index is 389. The van der Waals surface area contributed by atoms with Crippen molar-refractivity contribution in [3.63, 3.8) is 0 Å². The number of rotatable bonds is 5. The van der Waals surface area contributed by atoms with Crippen LogP contribution in [0.15, 0.2) is 30.3 Å². The van der Waals surface area contributed by atoms with Gasteiger partial charge in [-0.2, -0.15) is 0 Å². The summed E-state index contributed by atoms with van der Waals surface area (Å²) in [6.07, 6.45) is 0. The number of carbonyl (C=O) groups excluding carboxylic acids is 1. The highest BCUT2D eigenvalue weighted by Gasteiger charge is 2.19. The van der Waals surface area contributed by atoms with Crippen molar-refractivity contribution in [3.05, 3.63) is 30.3 Å². The average molecular weight is 263 g/mol. The normalized spacial score (nSPS) is 16.4. The van der Waals surface area contributed by atoms with Gasteiger partial charge < -0.3 is 15.4 Å². The largest absolute Gasteiger partial charge is 0.492 e. The lowest BCUT2D eigenvalue weighted by Gasteiger charge is -2.34. The van der Waals surface area contributed by atoms with Gasteiger partial charge in [-0.1, -0.05) is 18.2 Å². The van der Waals surface area contributed by atoms with Crippen LogP contribution in [0.2, 0.25) is 0 Å². The summed E-state index contributed by atoms with van der Waals surface area (Å²) in [6, 6.07) is 9.81. The highest BCUT2D eigenvalue weighted by molar-refractivity contribution is 5.78. The molecule has 0 bridgehead atoms. The minimum Gasteiger partial charge on any atom is -0.492 e. The van der Waals surface area contributed by atoms with Crippen molar-refractivity contribution in [1.29, 1.82) is 0 Å². The molecule has 0 spiro atoms. The maximum atomic E-state index is 11.4. The van der Waals surface area contributed by atoms with Gasteiger partial charge in [0, 0.05) is 32.7 Å². The molecule has 1 aromatic rings. The van der Waals surface area contributed by atoms with E-state index in [1.54, 1.807) is 0 Å². The zero-order valence-corrected chi connectivity index (χ0v) is 11.1. The van der Waals surface area contributed by atoms with Crippen molar-refractivity contribution in [3.8, 4) is 5.75 Å². The van der Waals surface area contributed by atoms with E-state index in [1.807, 2.05) is 35.2 Å². The highest BCUT2D eigenvalue weighted by Crippen LogP contribution is 2.08. The van der Waals surface area contributed by atoms with E-state index < -0.39 is 0 Å². The van der Waals surface area contributed by atoms with E-state index in [0.29, 0.717) is 6.61 Å².